The largest absolute Gasteiger partial charge is 0.490 e. The molecule has 0 spiro atoms. The van der Waals surface area contributed by atoms with Crippen LogP contribution in [0.2, 0.25) is 0 Å². The van der Waals surface area contributed by atoms with Gasteiger partial charge in [0.05, 0.1) is 0 Å². The molecule has 0 N–H and O–H groups in total. The average Bonchev–Trinajstić information content (AvgIpc) is 2.33. The number of piperidine rings is 1. The summed E-state index contributed by atoms with van der Waals surface area (Å²) in [4.78, 5) is 2.36. The maximum atomic E-state index is 5.98. The summed E-state index contributed by atoms with van der Waals surface area (Å²) in [5, 5.41) is 0. The van der Waals surface area contributed by atoms with Crippen molar-refractivity contribution in [1.82, 2.24) is 4.90 Å². The number of benzene rings is 1. The van der Waals surface area contributed by atoms with Crippen LogP contribution < -0.4 is 4.74 Å². The summed E-state index contributed by atoms with van der Waals surface area (Å²) in [5.41, 5.74) is 1.37. The van der Waals surface area contributed by atoms with Crippen molar-refractivity contribution < 1.29 is 4.74 Å². The molecule has 1 heterocycles. The molecule has 2 nitrogen and oxygen atoms in total. The summed E-state index contributed by atoms with van der Waals surface area (Å²) >= 11 is 0. The minimum absolute atomic E-state index is 0.406. The fourth-order valence-corrected chi connectivity index (χ4v) is 2.10. The summed E-state index contributed by atoms with van der Waals surface area (Å²) in [5.74, 6) is 1.02. The molecule has 0 bridgehead atoms. The Hall–Kier alpha value is -1.02. The van der Waals surface area contributed by atoms with Gasteiger partial charge < -0.3 is 9.64 Å². The smallest absolute Gasteiger partial charge is 0.119 e. The lowest BCUT2D eigenvalue weighted by Gasteiger charge is -2.29. The highest BCUT2D eigenvalue weighted by molar-refractivity contribution is 5.27. The second-order valence-corrected chi connectivity index (χ2v) is 4.62. The van der Waals surface area contributed by atoms with E-state index in [-0.39, 0.29) is 0 Å². The van der Waals surface area contributed by atoms with E-state index in [0.717, 1.165) is 38.1 Å². The van der Waals surface area contributed by atoms with Crippen molar-refractivity contribution in [1.29, 1.82) is 0 Å². The van der Waals surface area contributed by atoms with Gasteiger partial charge in [0.2, 0.25) is 0 Å². The van der Waals surface area contributed by atoms with E-state index in [1.165, 1.54) is 5.56 Å². The first-order valence-corrected chi connectivity index (χ1v) is 6.22. The lowest BCUT2D eigenvalue weighted by Crippen LogP contribution is -2.35. The van der Waals surface area contributed by atoms with Crippen LogP contribution in [0.3, 0.4) is 0 Å². The maximum Gasteiger partial charge on any atom is 0.119 e. The third kappa shape index (κ3) is 2.99. The van der Waals surface area contributed by atoms with Crippen molar-refractivity contribution in [3.05, 3.63) is 29.8 Å². The van der Waals surface area contributed by atoms with E-state index in [1.54, 1.807) is 0 Å². The van der Waals surface area contributed by atoms with Gasteiger partial charge in [-0.15, -0.1) is 0 Å². The highest BCUT2D eigenvalue weighted by Crippen LogP contribution is 2.19. The minimum atomic E-state index is 0.406. The Labute approximate surface area is 98.2 Å². The molecular weight excluding hydrogens is 198 g/mol. The Balaban J connectivity index is 1.88. The van der Waals surface area contributed by atoms with Crippen molar-refractivity contribution in [2.24, 2.45) is 0 Å². The first-order valence-electron chi connectivity index (χ1n) is 6.22. The fourth-order valence-electron chi connectivity index (χ4n) is 2.10. The standard InChI is InChI=1S/C14H21NO/c1-3-12-4-6-13(7-5-12)16-14-8-10-15(2)11-9-14/h4-7,14H,3,8-11H2,1-2H3. The Morgan fingerprint density at radius 3 is 2.38 bits per heavy atom. The van der Waals surface area contributed by atoms with Crippen LogP contribution >= 0.6 is 0 Å². The molecule has 1 fully saturated rings. The Bertz CT molecular complexity index is 312. The first kappa shape index (κ1) is 11.5. The van der Waals surface area contributed by atoms with E-state index >= 15 is 0 Å². The number of ether oxygens (including phenoxy) is 1. The first-order chi connectivity index (χ1) is 7.78. The maximum absolute atomic E-state index is 5.98. The molecule has 16 heavy (non-hydrogen) atoms. The van der Waals surface area contributed by atoms with Gasteiger partial charge in [0.1, 0.15) is 11.9 Å². The second kappa shape index (κ2) is 5.35. The molecule has 2 rings (SSSR count). The van der Waals surface area contributed by atoms with Gasteiger partial charge >= 0.3 is 0 Å². The Kier molecular flexibility index (Phi) is 3.83. The molecule has 0 atom stereocenters. The lowest BCUT2D eigenvalue weighted by atomic mass is 10.1. The van der Waals surface area contributed by atoms with Gasteiger partial charge in [0, 0.05) is 13.1 Å². The van der Waals surface area contributed by atoms with Crippen molar-refractivity contribution in [2.45, 2.75) is 32.3 Å². The van der Waals surface area contributed by atoms with Gasteiger partial charge in [-0.3, -0.25) is 0 Å². The molecule has 1 aromatic rings. The molecule has 88 valence electrons. The SMILES string of the molecule is CCc1ccc(OC2CCN(C)CC2)cc1. The molecule has 1 aliphatic heterocycles. The Morgan fingerprint density at radius 1 is 1.19 bits per heavy atom. The zero-order chi connectivity index (χ0) is 11.4. The zero-order valence-electron chi connectivity index (χ0n) is 10.3. The van der Waals surface area contributed by atoms with E-state index in [9.17, 15) is 0 Å². The molecular formula is C14H21NO. The molecule has 1 aromatic carbocycles. The predicted octanol–water partition coefficient (Wildman–Crippen LogP) is 2.72. The van der Waals surface area contributed by atoms with Gasteiger partial charge in [-0.05, 0) is 44.0 Å². The summed E-state index contributed by atoms with van der Waals surface area (Å²) < 4.78 is 5.98. The molecule has 1 saturated heterocycles. The highest BCUT2D eigenvalue weighted by Gasteiger charge is 2.17. The average molecular weight is 219 g/mol. The third-order valence-electron chi connectivity index (χ3n) is 3.30. The quantitative estimate of drug-likeness (QED) is 0.775. The highest BCUT2D eigenvalue weighted by atomic mass is 16.5. The summed E-state index contributed by atoms with van der Waals surface area (Å²) in [6.07, 6.45) is 3.79. The van der Waals surface area contributed by atoms with Gasteiger partial charge in [0.15, 0.2) is 0 Å². The van der Waals surface area contributed by atoms with Gasteiger partial charge in [-0.1, -0.05) is 19.1 Å². The number of likely N-dealkylation sites (tertiary alicyclic amines) is 1. The molecule has 1 aliphatic rings. The van der Waals surface area contributed by atoms with Gasteiger partial charge in [0.25, 0.3) is 0 Å². The lowest BCUT2D eigenvalue weighted by molar-refractivity contribution is 0.114. The minimum Gasteiger partial charge on any atom is -0.490 e. The van der Waals surface area contributed by atoms with Gasteiger partial charge in [-0.25, -0.2) is 0 Å². The summed E-state index contributed by atoms with van der Waals surface area (Å²) in [6.45, 7) is 4.47. The fraction of sp³-hybridized carbons (Fsp3) is 0.571. The molecule has 0 aliphatic carbocycles. The van der Waals surface area contributed by atoms with Crippen LogP contribution in [0.15, 0.2) is 24.3 Å². The van der Waals surface area contributed by atoms with Crippen LogP contribution in [-0.2, 0) is 6.42 Å². The molecule has 0 saturated carbocycles. The van der Waals surface area contributed by atoms with Crippen LogP contribution in [0.5, 0.6) is 5.75 Å². The van der Waals surface area contributed by atoms with E-state index < -0.39 is 0 Å². The molecule has 0 radical (unpaired) electrons. The summed E-state index contributed by atoms with van der Waals surface area (Å²) in [7, 11) is 2.17. The van der Waals surface area contributed by atoms with Crippen molar-refractivity contribution in [2.75, 3.05) is 20.1 Å². The zero-order valence-corrected chi connectivity index (χ0v) is 10.3. The van der Waals surface area contributed by atoms with Crippen molar-refractivity contribution in [3.63, 3.8) is 0 Å². The number of nitrogens with zero attached hydrogens (tertiary/aromatic N) is 1. The van der Waals surface area contributed by atoms with E-state index in [1.807, 2.05) is 0 Å². The normalized spacial score (nSPS) is 18.6. The van der Waals surface area contributed by atoms with E-state index in [2.05, 4.69) is 43.1 Å². The topological polar surface area (TPSA) is 12.5 Å². The molecule has 0 unspecified atom stereocenters. The monoisotopic (exact) mass is 219 g/mol. The van der Waals surface area contributed by atoms with Gasteiger partial charge in [-0.2, -0.15) is 0 Å². The predicted molar refractivity (Wildman–Crippen MR) is 67.0 cm³/mol. The molecule has 0 aromatic heterocycles. The number of rotatable bonds is 3. The third-order valence-corrected chi connectivity index (χ3v) is 3.30. The molecule has 0 amide bonds. The van der Waals surface area contributed by atoms with E-state index in [0.29, 0.717) is 6.10 Å². The number of aryl methyl sites for hydroxylation is 1. The van der Waals surface area contributed by atoms with Crippen LogP contribution in [-0.4, -0.2) is 31.1 Å². The number of hydrogen-bond acceptors (Lipinski definition) is 2. The van der Waals surface area contributed by atoms with Crippen molar-refractivity contribution in [3.8, 4) is 5.75 Å². The van der Waals surface area contributed by atoms with Crippen LogP contribution in [0.25, 0.3) is 0 Å². The van der Waals surface area contributed by atoms with Crippen LogP contribution in [0.1, 0.15) is 25.3 Å². The molecule has 2 heteroatoms. The van der Waals surface area contributed by atoms with E-state index in [4.69, 9.17) is 4.74 Å². The van der Waals surface area contributed by atoms with Crippen molar-refractivity contribution >= 4 is 0 Å². The summed E-state index contributed by atoms with van der Waals surface area (Å²) in [6, 6.07) is 8.50. The second-order valence-electron chi connectivity index (χ2n) is 4.62. The Morgan fingerprint density at radius 2 is 1.81 bits per heavy atom. The van der Waals surface area contributed by atoms with Crippen LogP contribution in [0.4, 0.5) is 0 Å². The number of hydrogen-bond donors (Lipinski definition) is 0. The van der Waals surface area contributed by atoms with Crippen LogP contribution in [0, 0.1) is 0 Å².